The number of aromatic nitrogens is 2. The van der Waals surface area contributed by atoms with Crippen LogP contribution in [-0.2, 0) is 0 Å². The molecule has 0 aliphatic heterocycles. The number of nitrogen functional groups attached to an aromatic ring is 1. The number of ketones is 1. The number of rotatable bonds is 1. The molecule has 0 saturated heterocycles. The van der Waals surface area contributed by atoms with Crippen LogP contribution in [0.1, 0.15) is 23.0 Å². The molecule has 0 aliphatic rings. The summed E-state index contributed by atoms with van der Waals surface area (Å²) in [6.07, 6.45) is 1.42. The number of carbonyl (C=O) groups excluding carboxylic acids is 1. The molecule has 0 bridgehead atoms. The molecule has 0 saturated carbocycles. The Morgan fingerprint density at radius 3 is 2.46 bits per heavy atom. The van der Waals surface area contributed by atoms with E-state index in [2.05, 4.69) is 5.10 Å². The summed E-state index contributed by atoms with van der Waals surface area (Å²) in [7, 11) is 0. The van der Waals surface area contributed by atoms with Gasteiger partial charge in [-0.3, -0.25) is 10.2 Å². The molecule has 0 radical (unpaired) electrons. The molecule has 0 aliphatic carbocycles. The fourth-order valence-corrected chi connectivity index (χ4v) is 0.998. The molecule has 6 heteroatoms. The lowest BCUT2D eigenvalue weighted by molar-refractivity contribution is 0.101. The van der Waals surface area contributed by atoms with Crippen LogP contribution >= 0.6 is 12.4 Å². The van der Waals surface area contributed by atoms with Crippen molar-refractivity contribution in [3.63, 3.8) is 0 Å². The van der Waals surface area contributed by atoms with E-state index in [0.717, 1.165) is 0 Å². The number of nitrogens with zero attached hydrogens (tertiary/aromatic N) is 2. The van der Waals surface area contributed by atoms with Gasteiger partial charge in [-0.15, -0.1) is 12.4 Å². The maximum atomic E-state index is 10.9. The lowest BCUT2D eigenvalue weighted by Gasteiger charge is -1.99. The summed E-state index contributed by atoms with van der Waals surface area (Å²) in [6, 6.07) is 0. The third-order valence-electron chi connectivity index (χ3n) is 1.62. The van der Waals surface area contributed by atoms with Crippen molar-refractivity contribution in [3.8, 4) is 0 Å². The average molecular weight is 203 g/mol. The highest BCUT2D eigenvalue weighted by atomic mass is 35.5. The molecule has 0 unspecified atom stereocenters. The molecular weight excluding hydrogens is 192 g/mol. The maximum absolute atomic E-state index is 10.9. The Morgan fingerprint density at radius 2 is 2.23 bits per heavy atom. The van der Waals surface area contributed by atoms with E-state index >= 15 is 0 Å². The highest BCUT2D eigenvalue weighted by Gasteiger charge is 2.10. The van der Waals surface area contributed by atoms with Gasteiger partial charge < -0.3 is 5.73 Å². The second kappa shape index (κ2) is 4.04. The summed E-state index contributed by atoms with van der Waals surface area (Å²) < 4.78 is 1.22. The van der Waals surface area contributed by atoms with E-state index in [0.29, 0.717) is 11.3 Å². The third-order valence-corrected chi connectivity index (χ3v) is 1.62. The van der Waals surface area contributed by atoms with Gasteiger partial charge in [-0.05, 0) is 13.8 Å². The van der Waals surface area contributed by atoms with Gasteiger partial charge in [0, 0.05) is 0 Å². The van der Waals surface area contributed by atoms with Gasteiger partial charge in [0.1, 0.15) is 0 Å². The van der Waals surface area contributed by atoms with Crippen molar-refractivity contribution in [1.82, 2.24) is 9.78 Å². The van der Waals surface area contributed by atoms with E-state index in [9.17, 15) is 4.79 Å². The van der Waals surface area contributed by atoms with Gasteiger partial charge in [0.15, 0.2) is 5.78 Å². The molecule has 1 aromatic rings. The largest absolute Gasteiger partial charge is 0.368 e. The second-order valence-electron chi connectivity index (χ2n) is 2.50. The number of hydrogen-bond donors (Lipinski definition) is 2. The van der Waals surface area contributed by atoms with Crippen LogP contribution in [0.4, 0.5) is 0 Å². The summed E-state index contributed by atoms with van der Waals surface area (Å²) in [5, 5.41) is 10.9. The molecule has 1 heterocycles. The van der Waals surface area contributed by atoms with Gasteiger partial charge in [0.05, 0.1) is 17.5 Å². The monoisotopic (exact) mass is 202 g/mol. The topological polar surface area (TPSA) is 84.8 Å². The second-order valence-corrected chi connectivity index (χ2v) is 2.50. The normalized spacial score (nSPS) is 9.08. The van der Waals surface area contributed by atoms with E-state index < -0.39 is 0 Å². The van der Waals surface area contributed by atoms with Gasteiger partial charge in [0.25, 0.3) is 0 Å². The van der Waals surface area contributed by atoms with Crippen molar-refractivity contribution in [2.75, 3.05) is 0 Å². The van der Waals surface area contributed by atoms with Crippen LogP contribution in [0, 0.1) is 12.3 Å². The van der Waals surface area contributed by atoms with Gasteiger partial charge in [-0.25, -0.2) is 4.68 Å². The Balaban J connectivity index is 0.00000144. The molecule has 0 atom stereocenters. The van der Waals surface area contributed by atoms with Crippen LogP contribution in [0.3, 0.4) is 0 Å². The first-order valence-corrected chi connectivity index (χ1v) is 3.44. The number of hydrogen-bond acceptors (Lipinski definition) is 3. The highest BCUT2D eigenvalue weighted by molar-refractivity contribution is 5.95. The Labute approximate surface area is 81.8 Å². The zero-order valence-electron chi connectivity index (χ0n) is 7.37. The Morgan fingerprint density at radius 1 is 1.69 bits per heavy atom. The molecular formula is C7H11ClN4O. The quantitative estimate of drug-likeness (QED) is 0.396. The summed E-state index contributed by atoms with van der Waals surface area (Å²) >= 11 is 0. The number of carbonyl (C=O) groups is 1. The maximum Gasteiger partial charge on any atom is 0.213 e. The van der Waals surface area contributed by atoms with Crippen molar-refractivity contribution in [2.45, 2.75) is 13.8 Å². The Kier molecular flexibility index (Phi) is 3.62. The summed E-state index contributed by atoms with van der Waals surface area (Å²) in [5.41, 5.74) is 6.31. The molecule has 3 N–H and O–H groups in total. The third kappa shape index (κ3) is 2.06. The van der Waals surface area contributed by atoms with E-state index in [-0.39, 0.29) is 24.1 Å². The van der Waals surface area contributed by atoms with Crippen LogP contribution < -0.4 is 5.73 Å². The van der Waals surface area contributed by atoms with Gasteiger partial charge in [0.2, 0.25) is 5.96 Å². The molecule has 1 rings (SSSR count). The van der Waals surface area contributed by atoms with E-state index in [1.165, 1.54) is 17.8 Å². The van der Waals surface area contributed by atoms with E-state index in [1.54, 1.807) is 6.92 Å². The first kappa shape index (κ1) is 11.6. The molecule has 72 valence electrons. The number of halogens is 1. The van der Waals surface area contributed by atoms with Crippen LogP contribution in [0.25, 0.3) is 0 Å². The van der Waals surface area contributed by atoms with Gasteiger partial charge in [-0.2, -0.15) is 5.10 Å². The first-order valence-electron chi connectivity index (χ1n) is 3.44. The lowest BCUT2D eigenvalue weighted by atomic mass is 10.2. The van der Waals surface area contributed by atoms with Crippen LogP contribution in [0.5, 0.6) is 0 Å². The summed E-state index contributed by atoms with van der Waals surface area (Å²) in [4.78, 5) is 10.9. The van der Waals surface area contributed by atoms with Crippen LogP contribution in [0.15, 0.2) is 6.20 Å². The van der Waals surface area contributed by atoms with Crippen molar-refractivity contribution in [3.05, 3.63) is 17.5 Å². The molecule has 1 aromatic heterocycles. The fourth-order valence-electron chi connectivity index (χ4n) is 0.998. The van der Waals surface area contributed by atoms with Crippen molar-refractivity contribution in [2.24, 2.45) is 5.73 Å². The van der Waals surface area contributed by atoms with E-state index in [4.69, 9.17) is 11.1 Å². The first-order chi connectivity index (χ1) is 5.54. The molecule has 0 spiro atoms. The molecule has 5 nitrogen and oxygen atoms in total. The standard InChI is InChI=1S/C7H10N4O.ClH/c1-4-6(5(2)12)3-10-11(4)7(8)9;/h3H,1-2H3,(H3,8,9);1H. The van der Waals surface area contributed by atoms with Crippen LogP contribution in [-0.4, -0.2) is 21.5 Å². The number of Topliss-reactive ketones (excluding diaryl/α,β-unsaturated/α-hetero) is 1. The Bertz CT molecular complexity index is 313. The minimum Gasteiger partial charge on any atom is -0.368 e. The van der Waals surface area contributed by atoms with Crippen molar-refractivity contribution < 1.29 is 4.79 Å². The number of nitrogens with two attached hydrogens (primary N) is 1. The van der Waals surface area contributed by atoms with Gasteiger partial charge in [-0.1, -0.05) is 0 Å². The minimum absolute atomic E-state index is 0. The molecule has 0 amide bonds. The Hall–Kier alpha value is -1.36. The average Bonchev–Trinajstić information content (AvgIpc) is 2.30. The van der Waals surface area contributed by atoms with Crippen molar-refractivity contribution >= 4 is 24.1 Å². The summed E-state index contributed by atoms with van der Waals surface area (Å²) in [5.74, 6) is -0.250. The zero-order chi connectivity index (χ0) is 9.30. The highest BCUT2D eigenvalue weighted by Crippen LogP contribution is 2.06. The zero-order valence-corrected chi connectivity index (χ0v) is 8.18. The van der Waals surface area contributed by atoms with Crippen molar-refractivity contribution in [1.29, 1.82) is 5.41 Å². The summed E-state index contributed by atoms with van der Waals surface area (Å²) in [6.45, 7) is 3.15. The number of nitrogens with one attached hydrogen (secondary N) is 1. The lowest BCUT2D eigenvalue weighted by Crippen LogP contribution is -2.23. The smallest absolute Gasteiger partial charge is 0.213 e. The SMILES string of the molecule is CC(=O)c1cnn(C(=N)N)c1C.Cl. The van der Waals surface area contributed by atoms with Crippen LogP contribution in [0.2, 0.25) is 0 Å². The fraction of sp³-hybridized carbons (Fsp3) is 0.286. The minimum atomic E-state index is -0.181. The van der Waals surface area contributed by atoms with Gasteiger partial charge >= 0.3 is 0 Å². The molecule has 0 aromatic carbocycles. The predicted molar refractivity (Wildman–Crippen MR) is 51.5 cm³/mol. The molecule has 13 heavy (non-hydrogen) atoms. The van der Waals surface area contributed by atoms with E-state index in [1.807, 2.05) is 0 Å². The molecule has 0 fully saturated rings. The predicted octanol–water partition coefficient (Wildman–Crippen LogP) is 0.557.